The number of rotatable bonds is 6. The van der Waals surface area contributed by atoms with Crippen molar-refractivity contribution < 1.29 is 4.74 Å². The molecule has 0 heterocycles. The van der Waals surface area contributed by atoms with Crippen LogP contribution in [0.4, 0.5) is 0 Å². The van der Waals surface area contributed by atoms with Crippen molar-refractivity contribution in [2.75, 3.05) is 20.2 Å². The fourth-order valence-corrected chi connectivity index (χ4v) is 1.67. The van der Waals surface area contributed by atoms with Crippen molar-refractivity contribution >= 4 is 29.9 Å². The van der Waals surface area contributed by atoms with Gasteiger partial charge < -0.3 is 15.4 Å². The Morgan fingerprint density at radius 3 is 2.75 bits per heavy atom. The van der Waals surface area contributed by atoms with Crippen molar-refractivity contribution in [1.29, 1.82) is 0 Å². The minimum absolute atomic E-state index is 0. The molecule has 0 unspecified atom stereocenters. The standard InChI is InChI=1S/C15H23N3O.HI/c1-5-9-17-15(16-4)18-11-13-8-7-12(3)10-14(13)19-6-2;/h5,7-8,10H,1,6,9,11H2,2-4H3,(H2,16,17,18);1H. The van der Waals surface area contributed by atoms with Gasteiger partial charge in [0.25, 0.3) is 0 Å². The van der Waals surface area contributed by atoms with E-state index in [1.54, 1.807) is 13.1 Å². The number of ether oxygens (including phenoxy) is 1. The lowest BCUT2D eigenvalue weighted by molar-refractivity contribution is 0.336. The van der Waals surface area contributed by atoms with E-state index in [0.717, 1.165) is 17.3 Å². The highest BCUT2D eigenvalue weighted by atomic mass is 127. The van der Waals surface area contributed by atoms with Gasteiger partial charge in [-0.15, -0.1) is 30.6 Å². The highest BCUT2D eigenvalue weighted by molar-refractivity contribution is 14.0. The zero-order valence-corrected chi connectivity index (χ0v) is 14.7. The number of nitrogens with one attached hydrogen (secondary N) is 2. The highest BCUT2D eigenvalue weighted by Gasteiger charge is 2.04. The summed E-state index contributed by atoms with van der Waals surface area (Å²) < 4.78 is 5.65. The molecule has 1 aromatic carbocycles. The summed E-state index contributed by atoms with van der Waals surface area (Å²) in [5.74, 6) is 1.68. The van der Waals surface area contributed by atoms with E-state index < -0.39 is 0 Å². The van der Waals surface area contributed by atoms with Gasteiger partial charge in [-0.1, -0.05) is 18.2 Å². The molecule has 4 nitrogen and oxygen atoms in total. The van der Waals surface area contributed by atoms with Gasteiger partial charge in [-0.05, 0) is 25.5 Å². The predicted octanol–water partition coefficient (Wildman–Crippen LogP) is 2.86. The van der Waals surface area contributed by atoms with Crippen LogP contribution in [0.15, 0.2) is 35.8 Å². The number of guanidine groups is 1. The molecule has 0 aliphatic rings. The lowest BCUT2D eigenvalue weighted by atomic mass is 10.1. The summed E-state index contributed by atoms with van der Waals surface area (Å²) in [4.78, 5) is 4.14. The second-order valence-corrected chi connectivity index (χ2v) is 4.14. The van der Waals surface area contributed by atoms with E-state index in [4.69, 9.17) is 4.74 Å². The summed E-state index contributed by atoms with van der Waals surface area (Å²) in [7, 11) is 1.75. The maximum absolute atomic E-state index is 5.65. The van der Waals surface area contributed by atoms with Gasteiger partial charge in [0.15, 0.2) is 5.96 Å². The summed E-state index contributed by atoms with van der Waals surface area (Å²) in [6.07, 6.45) is 1.80. The quantitative estimate of drug-likeness (QED) is 0.341. The fraction of sp³-hybridized carbons (Fsp3) is 0.400. The first-order chi connectivity index (χ1) is 9.21. The fourth-order valence-electron chi connectivity index (χ4n) is 1.67. The molecule has 0 atom stereocenters. The third-order valence-electron chi connectivity index (χ3n) is 2.61. The molecule has 112 valence electrons. The van der Waals surface area contributed by atoms with Crippen molar-refractivity contribution in [3.8, 4) is 5.75 Å². The van der Waals surface area contributed by atoms with Gasteiger partial charge in [0, 0.05) is 25.7 Å². The molecular formula is C15H24IN3O. The SMILES string of the molecule is C=CCNC(=NC)NCc1ccc(C)cc1OCC.I. The number of aliphatic imine (C=N–C) groups is 1. The van der Waals surface area contributed by atoms with Crippen molar-refractivity contribution in [2.24, 2.45) is 4.99 Å². The molecule has 0 aliphatic heterocycles. The Bertz CT molecular complexity index is 447. The van der Waals surface area contributed by atoms with Crippen LogP contribution in [0.3, 0.4) is 0 Å². The summed E-state index contributed by atoms with van der Waals surface area (Å²) in [6, 6.07) is 6.22. The molecule has 0 amide bonds. The summed E-state index contributed by atoms with van der Waals surface area (Å²) in [6.45, 7) is 9.74. The Hall–Kier alpha value is -1.24. The van der Waals surface area contributed by atoms with E-state index in [0.29, 0.717) is 19.7 Å². The van der Waals surface area contributed by atoms with Gasteiger partial charge in [-0.3, -0.25) is 4.99 Å². The van der Waals surface area contributed by atoms with Crippen LogP contribution < -0.4 is 15.4 Å². The zero-order valence-electron chi connectivity index (χ0n) is 12.4. The van der Waals surface area contributed by atoms with Crippen LogP contribution in [0.2, 0.25) is 0 Å². The Morgan fingerprint density at radius 2 is 2.15 bits per heavy atom. The lowest BCUT2D eigenvalue weighted by Crippen LogP contribution is -2.36. The molecule has 0 aliphatic carbocycles. The minimum atomic E-state index is 0. The summed E-state index contributed by atoms with van der Waals surface area (Å²) in [5, 5.41) is 6.38. The Morgan fingerprint density at radius 1 is 1.40 bits per heavy atom. The van der Waals surface area contributed by atoms with Gasteiger partial charge in [0.1, 0.15) is 5.75 Å². The van der Waals surface area contributed by atoms with Gasteiger partial charge >= 0.3 is 0 Å². The van der Waals surface area contributed by atoms with Crippen LogP contribution in [0, 0.1) is 6.92 Å². The van der Waals surface area contributed by atoms with Crippen LogP contribution in [0.5, 0.6) is 5.75 Å². The predicted molar refractivity (Wildman–Crippen MR) is 96.2 cm³/mol. The average molecular weight is 389 g/mol. The van der Waals surface area contributed by atoms with Crippen LogP contribution >= 0.6 is 24.0 Å². The molecule has 0 radical (unpaired) electrons. The van der Waals surface area contributed by atoms with Crippen molar-refractivity contribution in [1.82, 2.24) is 10.6 Å². The highest BCUT2D eigenvalue weighted by Crippen LogP contribution is 2.20. The first-order valence-electron chi connectivity index (χ1n) is 6.49. The Balaban J connectivity index is 0.00000361. The molecule has 0 saturated carbocycles. The molecule has 0 aromatic heterocycles. The monoisotopic (exact) mass is 389 g/mol. The number of benzene rings is 1. The first-order valence-corrected chi connectivity index (χ1v) is 6.49. The second kappa shape index (κ2) is 10.5. The number of hydrogen-bond donors (Lipinski definition) is 2. The molecule has 0 spiro atoms. The third kappa shape index (κ3) is 6.27. The number of aryl methyl sites for hydroxylation is 1. The number of hydrogen-bond acceptors (Lipinski definition) is 2. The molecular weight excluding hydrogens is 365 g/mol. The summed E-state index contributed by atoms with van der Waals surface area (Å²) in [5.41, 5.74) is 2.32. The molecule has 1 aromatic rings. The van der Waals surface area contributed by atoms with E-state index >= 15 is 0 Å². The zero-order chi connectivity index (χ0) is 14.1. The van der Waals surface area contributed by atoms with Gasteiger partial charge in [0.2, 0.25) is 0 Å². The van der Waals surface area contributed by atoms with Crippen molar-refractivity contribution in [3.63, 3.8) is 0 Å². The largest absolute Gasteiger partial charge is 0.494 e. The van der Waals surface area contributed by atoms with E-state index in [1.165, 1.54) is 5.56 Å². The molecule has 0 bridgehead atoms. The third-order valence-corrected chi connectivity index (χ3v) is 2.61. The van der Waals surface area contributed by atoms with Crippen LogP contribution in [0.1, 0.15) is 18.1 Å². The topological polar surface area (TPSA) is 45.7 Å². The van der Waals surface area contributed by atoms with Crippen LogP contribution in [-0.4, -0.2) is 26.2 Å². The molecule has 2 N–H and O–H groups in total. The van der Waals surface area contributed by atoms with Gasteiger partial charge in [-0.2, -0.15) is 0 Å². The number of nitrogens with zero attached hydrogens (tertiary/aromatic N) is 1. The van der Waals surface area contributed by atoms with Crippen LogP contribution in [-0.2, 0) is 6.54 Å². The Kier molecular flexibility index (Phi) is 9.88. The lowest BCUT2D eigenvalue weighted by Gasteiger charge is -2.14. The van der Waals surface area contributed by atoms with Crippen molar-refractivity contribution in [3.05, 3.63) is 42.0 Å². The van der Waals surface area contributed by atoms with E-state index in [2.05, 4.69) is 47.3 Å². The maximum atomic E-state index is 5.65. The molecule has 5 heteroatoms. The summed E-state index contributed by atoms with van der Waals surface area (Å²) >= 11 is 0. The molecule has 0 fully saturated rings. The van der Waals surface area contributed by atoms with Gasteiger partial charge in [-0.25, -0.2) is 0 Å². The normalized spacial score (nSPS) is 10.4. The maximum Gasteiger partial charge on any atom is 0.191 e. The first kappa shape index (κ1) is 18.8. The molecule has 0 saturated heterocycles. The smallest absolute Gasteiger partial charge is 0.191 e. The number of halogens is 1. The Labute approximate surface area is 138 Å². The van der Waals surface area contributed by atoms with Crippen LogP contribution in [0.25, 0.3) is 0 Å². The van der Waals surface area contributed by atoms with E-state index in [-0.39, 0.29) is 24.0 Å². The second-order valence-electron chi connectivity index (χ2n) is 4.14. The van der Waals surface area contributed by atoms with E-state index in [1.807, 2.05) is 6.92 Å². The molecule has 20 heavy (non-hydrogen) atoms. The average Bonchev–Trinajstić information content (AvgIpc) is 2.41. The van der Waals surface area contributed by atoms with E-state index in [9.17, 15) is 0 Å². The minimum Gasteiger partial charge on any atom is -0.494 e. The van der Waals surface area contributed by atoms with Crippen molar-refractivity contribution in [2.45, 2.75) is 20.4 Å². The molecule has 1 rings (SSSR count). The van der Waals surface area contributed by atoms with Gasteiger partial charge in [0.05, 0.1) is 6.61 Å².